The lowest BCUT2D eigenvalue weighted by Crippen LogP contribution is -2.17. The first-order valence-corrected chi connectivity index (χ1v) is 8.38. The molecule has 0 radical (unpaired) electrons. The van der Waals surface area contributed by atoms with Gasteiger partial charge in [-0.1, -0.05) is 29.8 Å². The highest BCUT2D eigenvalue weighted by Crippen LogP contribution is 2.23. The maximum Gasteiger partial charge on any atom is 0.344 e. The molecule has 0 fully saturated rings. The molecule has 1 aromatic heterocycles. The van der Waals surface area contributed by atoms with Gasteiger partial charge in [0.25, 0.3) is 5.89 Å². The van der Waals surface area contributed by atoms with E-state index in [1.54, 1.807) is 25.1 Å². The number of hydrogen-bond donors (Lipinski definition) is 0. The molecule has 0 amide bonds. The predicted molar refractivity (Wildman–Crippen MR) is 95.9 cm³/mol. The lowest BCUT2D eigenvalue weighted by molar-refractivity contribution is -0.152. The molecule has 0 aliphatic rings. The van der Waals surface area contributed by atoms with Crippen molar-refractivity contribution in [2.24, 2.45) is 0 Å². The summed E-state index contributed by atoms with van der Waals surface area (Å²) in [6.45, 7) is 3.28. The molecule has 0 spiro atoms. The maximum atomic E-state index is 12.0. The number of aryl methyl sites for hydroxylation is 1. The highest BCUT2D eigenvalue weighted by atomic mass is 35.5. The molecule has 1 heterocycles. The summed E-state index contributed by atoms with van der Waals surface area (Å²) in [6, 6.07) is 14.5. The number of aromatic nitrogens is 2. The van der Waals surface area contributed by atoms with Crippen LogP contribution in [0.15, 0.2) is 52.9 Å². The highest BCUT2D eigenvalue weighted by molar-refractivity contribution is 6.31. The van der Waals surface area contributed by atoms with Crippen molar-refractivity contribution < 1.29 is 18.7 Å². The number of rotatable bonds is 6. The van der Waals surface area contributed by atoms with Gasteiger partial charge < -0.3 is 13.9 Å². The average Bonchev–Trinajstić information content (AvgIpc) is 3.14. The third-order valence-electron chi connectivity index (χ3n) is 3.60. The number of carbonyl (C=O) groups excluding carboxylic acids is 1. The van der Waals surface area contributed by atoms with Gasteiger partial charge in [0, 0.05) is 10.6 Å². The number of nitrogens with zero attached hydrogens (tertiary/aromatic N) is 2. The molecule has 3 aromatic rings. The zero-order valence-electron chi connectivity index (χ0n) is 14.3. The van der Waals surface area contributed by atoms with E-state index in [1.165, 1.54) is 0 Å². The van der Waals surface area contributed by atoms with Crippen molar-refractivity contribution in [3.63, 3.8) is 0 Å². The van der Waals surface area contributed by atoms with Crippen LogP contribution in [0.25, 0.3) is 11.5 Å². The molecule has 134 valence electrons. The SMILES string of the molecule is Cc1cc(OCC(=O)O[C@@H](C)c2nnc(-c3ccccc3)o2)ccc1Cl. The molecule has 0 saturated carbocycles. The minimum Gasteiger partial charge on any atom is -0.482 e. The average molecular weight is 373 g/mol. The van der Waals surface area contributed by atoms with E-state index in [9.17, 15) is 4.79 Å². The van der Waals surface area contributed by atoms with E-state index in [-0.39, 0.29) is 12.5 Å². The normalized spacial score (nSPS) is 11.8. The summed E-state index contributed by atoms with van der Waals surface area (Å²) in [7, 11) is 0. The smallest absolute Gasteiger partial charge is 0.344 e. The zero-order valence-corrected chi connectivity index (χ0v) is 15.1. The van der Waals surface area contributed by atoms with Gasteiger partial charge in [-0.3, -0.25) is 0 Å². The molecule has 7 heteroatoms. The van der Waals surface area contributed by atoms with Crippen LogP contribution in [0.5, 0.6) is 5.75 Å². The number of ether oxygens (including phenoxy) is 2. The molecule has 0 aliphatic heterocycles. The van der Waals surface area contributed by atoms with Gasteiger partial charge in [0.15, 0.2) is 12.7 Å². The Balaban J connectivity index is 1.56. The summed E-state index contributed by atoms with van der Waals surface area (Å²) < 4.78 is 16.3. The first-order chi connectivity index (χ1) is 12.5. The summed E-state index contributed by atoms with van der Waals surface area (Å²) in [5.41, 5.74) is 1.66. The second-order valence-electron chi connectivity index (χ2n) is 5.64. The van der Waals surface area contributed by atoms with Gasteiger partial charge in [-0.2, -0.15) is 0 Å². The first-order valence-electron chi connectivity index (χ1n) is 8.00. The minimum absolute atomic E-state index is 0.222. The third-order valence-corrected chi connectivity index (χ3v) is 4.03. The number of halogens is 1. The van der Waals surface area contributed by atoms with Crippen LogP contribution in [0.4, 0.5) is 0 Å². The van der Waals surface area contributed by atoms with E-state index >= 15 is 0 Å². The van der Waals surface area contributed by atoms with Crippen LogP contribution in [0, 0.1) is 6.92 Å². The summed E-state index contributed by atoms with van der Waals surface area (Å²) in [5.74, 6) is 0.598. The topological polar surface area (TPSA) is 74.5 Å². The zero-order chi connectivity index (χ0) is 18.5. The molecule has 2 aromatic carbocycles. The van der Waals surface area contributed by atoms with Crippen molar-refractivity contribution in [2.75, 3.05) is 6.61 Å². The summed E-state index contributed by atoms with van der Waals surface area (Å²) >= 11 is 5.96. The Morgan fingerprint density at radius 3 is 2.69 bits per heavy atom. The fourth-order valence-electron chi connectivity index (χ4n) is 2.23. The second-order valence-corrected chi connectivity index (χ2v) is 6.05. The molecule has 0 N–H and O–H groups in total. The molecule has 26 heavy (non-hydrogen) atoms. The fourth-order valence-corrected chi connectivity index (χ4v) is 2.34. The van der Waals surface area contributed by atoms with Gasteiger partial charge in [0.05, 0.1) is 0 Å². The van der Waals surface area contributed by atoms with Gasteiger partial charge >= 0.3 is 5.97 Å². The Bertz CT molecular complexity index is 896. The first kappa shape index (κ1) is 17.9. The summed E-state index contributed by atoms with van der Waals surface area (Å²) in [6.07, 6.45) is -0.678. The highest BCUT2D eigenvalue weighted by Gasteiger charge is 2.19. The summed E-state index contributed by atoms with van der Waals surface area (Å²) in [4.78, 5) is 12.0. The van der Waals surface area contributed by atoms with Gasteiger partial charge in [0.2, 0.25) is 5.89 Å². The molecule has 0 saturated heterocycles. The van der Waals surface area contributed by atoms with Gasteiger partial charge in [0.1, 0.15) is 5.75 Å². The molecule has 6 nitrogen and oxygen atoms in total. The van der Waals surface area contributed by atoms with Gasteiger partial charge in [-0.15, -0.1) is 10.2 Å². The van der Waals surface area contributed by atoms with Gasteiger partial charge in [-0.05, 0) is 49.7 Å². The van der Waals surface area contributed by atoms with Gasteiger partial charge in [-0.25, -0.2) is 4.79 Å². The van der Waals surface area contributed by atoms with Crippen LogP contribution in [0.2, 0.25) is 5.02 Å². The number of hydrogen-bond acceptors (Lipinski definition) is 6. The molecule has 1 atom stereocenters. The summed E-state index contributed by atoms with van der Waals surface area (Å²) in [5, 5.41) is 8.55. The van der Waals surface area contributed by atoms with Crippen LogP contribution >= 0.6 is 11.6 Å². The van der Waals surface area contributed by atoms with E-state index in [0.717, 1.165) is 11.1 Å². The maximum absolute atomic E-state index is 12.0. The van der Waals surface area contributed by atoms with Crippen LogP contribution in [-0.4, -0.2) is 22.8 Å². The molecule has 0 unspecified atom stereocenters. The lowest BCUT2D eigenvalue weighted by Gasteiger charge is -2.11. The van der Waals surface area contributed by atoms with Crippen molar-refractivity contribution in [2.45, 2.75) is 20.0 Å². The van der Waals surface area contributed by atoms with Crippen LogP contribution in [-0.2, 0) is 9.53 Å². The van der Waals surface area contributed by atoms with Crippen LogP contribution in [0.1, 0.15) is 24.5 Å². The Morgan fingerprint density at radius 2 is 1.96 bits per heavy atom. The van der Waals surface area contributed by atoms with Crippen molar-refractivity contribution in [3.8, 4) is 17.2 Å². The molecule has 3 rings (SSSR count). The molecule has 0 aliphatic carbocycles. The van der Waals surface area contributed by atoms with Crippen molar-refractivity contribution in [1.82, 2.24) is 10.2 Å². The number of benzene rings is 2. The molecular formula is C19H17ClN2O4. The van der Waals surface area contributed by atoms with Crippen molar-refractivity contribution in [3.05, 3.63) is 65.0 Å². The Hall–Kier alpha value is -2.86. The quantitative estimate of drug-likeness (QED) is 0.598. The van der Waals surface area contributed by atoms with E-state index in [0.29, 0.717) is 16.7 Å². The monoisotopic (exact) mass is 372 g/mol. The Labute approximate surface area is 155 Å². The standard InChI is InChI=1S/C19H17ClN2O4/c1-12-10-15(8-9-16(12)20)24-11-17(23)25-13(2)18-21-22-19(26-18)14-6-4-3-5-7-14/h3-10,13H,11H2,1-2H3/t13-/m0/s1. The minimum atomic E-state index is -0.678. The Kier molecular flexibility index (Phi) is 5.53. The largest absolute Gasteiger partial charge is 0.482 e. The van der Waals surface area contributed by atoms with E-state index < -0.39 is 12.1 Å². The van der Waals surface area contributed by atoms with Crippen molar-refractivity contribution >= 4 is 17.6 Å². The Morgan fingerprint density at radius 1 is 1.19 bits per heavy atom. The van der Waals surface area contributed by atoms with E-state index in [1.807, 2.05) is 37.3 Å². The third kappa shape index (κ3) is 4.40. The fraction of sp³-hybridized carbons (Fsp3) is 0.211. The van der Waals surface area contributed by atoms with Crippen LogP contribution in [0.3, 0.4) is 0 Å². The predicted octanol–water partition coefficient (Wildman–Crippen LogP) is 4.38. The second kappa shape index (κ2) is 8.01. The number of esters is 1. The van der Waals surface area contributed by atoms with Crippen molar-refractivity contribution in [1.29, 1.82) is 0 Å². The number of carbonyl (C=O) groups is 1. The molecular weight excluding hydrogens is 356 g/mol. The molecule has 0 bridgehead atoms. The van der Waals surface area contributed by atoms with E-state index in [2.05, 4.69) is 10.2 Å². The van der Waals surface area contributed by atoms with E-state index in [4.69, 9.17) is 25.5 Å². The van der Waals surface area contributed by atoms with Crippen LogP contribution < -0.4 is 4.74 Å². The lowest BCUT2D eigenvalue weighted by atomic mass is 10.2.